The summed E-state index contributed by atoms with van der Waals surface area (Å²) in [5, 5.41) is 1.98. The molecule has 1 N–H and O–H groups in total. The molecule has 2 aromatic heterocycles. The molecular formula is C22H25N3O3S. The van der Waals surface area contributed by atoms with Gasteiger partial charge in [-0.2, -0.15) is 0 Å². The Balaban J connectivity index is 1.37. The van der Waals surface area contributed by atoms with E-state index in [1.807, 2.05) is 27.3 Å². The zero-order valence-corrected chi connectivity index (χ0v) is 17.2. The number of pyridine rings is 1. The van der Waals surface area contributed by atoms with E-state index in [0.717, 1.165) is 29.1 Å². The minimum Gasteiger partial charge on any atom is -0.338 e. The molecule has 6 nitrogen and oxygen atoms in total. The van der Waals surface area contributed by atoms with Gasteiger partial charge in [0.25, 0.3) is 11.5 Å². The number of aromatic nitrogens is 1. The second-order valence-electron chi connectivity index (χ2n) is 8.57. The predicted octanol–water partition coefficient (Wildman–Crippen LogP) is 2.44. The molecule has 4 heterocycles. The van der Waals surface area contributed by atoms with Crippen molar-refractivity contribution < 1.29 is 9.59 Å². The van der Waals surface area contributed by atoms with Crippen LogP contribution in [0.4, 0.5) is 0 Å². The van der Waals surface area contributed by atoms with E-state index >= 15 is 0 Å². The van der Waals surface area contributed by atoms with Crippen molar-refractivity contribution in [2.24, 2.45) is 11.8 Å². The summed E-state index contributed by atoms with van der Waals surface area (Å²) in [7, 11) is 0. The van der Waals surface area contributed by atoms with Gasteiger partial charge in [-0.25, -0.2) is 0 Å². The van der Waals surface area contributed by atoms with E-state index in [9.17, 15) is 14.4 Å². The van der Waals surface area contributed by atoms with Crippen molar-refractivity contribution >= 4 is 23.2 Å². The summed E-state index contributed by atoms with van der Waals surface area (Å²) < 4.78 is 0. The molecular weight excluding hydrogens is 386 g/mol. The van der Waals surface area contributed by atoms with Crippen molar-refractivity contribution in [2.45, 2.75) is 38.6 Å². The Labute approximate surface area is 173 Å². The molecule has 0 aromatic carbocycles. The Bertz CT molecular complexity index is 985. The third-order valence-electron chi connectivity index (χ3n) is 6.65. The molecule has 2 amide bonds. The highest BCUT2D eigenvalue weighted by atomic mass is 32.1. The summed E-state index contributed by atoms with van der Waals surface area (Å²) >= 11 is 1.59. The number of hydrogen-bond acceptors (Lipinski definition) is 4. The first-order chi connectivity index (χ1) is 14.1. The van der Waals surface area contributed by atoms with Crippen LogP contribution in [0.1, 0.15) is 45.6 Å². The summed E-state index contributed by atoms with van der Waals surface area (Å²) in [5.74, 6) is 1.13. The number of hydrogen-bond donors (Lipinski definition) is 1. The van der Waals surface area contributed by atoms with Gasteiger partial charge in [0, 0.05) is 37.3 Å². The molecule has 1 aliphatic carbocycles. The molecule has 1 saturated heterocycles. The lowest BCUT2D eigenvalue weighted by atomic mass is 9.94. The Hall–Kier alpha value is -2.41. The Morgan fingerprint density at radius 3 is 2.69 bits per heavy atom. The summed E-state index contributed by atoms with van der Waals surface area (Å²) in [4.78, 5) is 46.1. The van der Waals surface area contributed by atoms with E-state index in [1.165, 1.54) is 19.3 Å². The molecule has 3 aliphatic rings. The first-order valence-corrected chi connectivity index (χ1v) is 11.3. The normalized spacial score (nSPS) is 23.2. The smallest absolute Gasteiger partial charge is 0.261 e. The van der Waals surface area contributed by atoms with Crippen LogP contribution in [-0.4, -0.2) is 46.2 Å². The fraction of sp³-hybridized carbons (Fsp3) is 0.500. The highest BCUT2D eigenvalue weighted by Gasteiger charge is 2.37. The molecule has 29 heavy (non-hydrogen) atoms. The zero-order chi connectivity index (χ0) is 20.0. The van der Waals surface area contributed by atoms with Crippen molar-refractivity contribution in [1.29, 1.82) is 0 Å². The Morgan fingerprint density at radius 2 is 1.97 bits per heavy atom. The lowest BCUT2D eigenvalue weighted by Crippen LogP contribution is -2.44. The summed E-state index contributed by atoms with van der Waals surface area (Å²) in [6, 6.07) is 3.93. The largest absolute Gasteiger partial charge is 0.338 e. The van der Waals surface area contributed by atoms with Crippen molar-refractivity contribution in [3.8, 4) is 0 Å². The second kappa shape index (κ2) is 7.44. The van der Waals surface area contributed by atoms with Crippen molar-refractivity contribution in [3.05, 3.63) is 55.6 Å². The van der Waals surface area contributed by atoms with E-state index < -0.39 is 0 Å². The van der Waals surface area contributed by atoms with Gasteiger partial charge in [-0.3, -0.25) is 14.4 Å². The quantitative estimate of drug-likeness (QED) is 0.843. The standard InChI is InChI=1S/C22H25N3O3S/c26-19(9-17-2-1-7-29-17)24-6-5-18-16(13-24)10-23-21(27)20(18)22(28)25-11-14-3-4-15(8-14)12-25/h1-2,7,10,14-15H,3-6,8-9,11-13H2,(H,23,27)/t14-,15+. The van der Waals surface area contributed by atoms with Crippen LogP contribution in [0, 0.1) is 11.8 Å². The highest BCUT2D eigenvalue weighted by Crippen LogP contribution is 2.37. The molecule has 0 radical (unpaired) electrons. The molecule has 0 unspecified atom stereocenters. The van der Waals surface area contributed by atoms with E-state index in [2.05, 4.69) is 4.98 Å². The molecule has 0 spiro atoms. The molecule has 2 bridgehead atoms. The van der Waals surface area contributed by atoms with Gasteiger partial charge in [0.2, 0.25) is 5.91 Å². The first kappa shape index (κ1) is 18.6. The molecule has 2 aromatic rings. The third kappa shape index (κ3) is 3.52. The number of piperidine rings is 1. The van der Waals surface area contributed by atoms with Crippen LogP contribution in [0.15, 0.2) is 28.5 Å². The van der Waals surface area contributed by atoms with E-state index in [4.69, 9.17) is 0 Å². The number of nitrogens with one attached hydrogen (secondary N) is 1. The maximum atomic E-state index is 13.3. The number of amides is 2. The van der Waals surface area contributed by atoms with E-state index in [0.29, 0.717) is 43.3 Å². The maximum absolute atomic E-state index is 13.3. The predicted molar refractivity (Wildman–Crippen MR) is 111 cm³/mol. The lowest BCUT2D eigenvalue weighted by molar-refractivity contribution is -0.131. The van der Waals surface area contributed by atoms with Crippen LogP contribution in [0.25, 0.3) is 0 Å². The monoisotopic (exact) mass is 411 g/mol. The van der Waals surface area contributed by atoms with E-state index in [1.54, 1.807) is 17.5 Å². The molecule has 2 aliphatic heterocycles. The van der Waals surface area contributed by atoms with Gasteiger partial charge in [0.15, 0.2) is 0 Å². The van der Waals surface area contributed by atoms with Gasteiger partial charge in [0.1, 0.15) is 5.56 Å². The van der Waals surface area contributed by atoms with Crippen LogP contribution >= 0.6 is 11.3 Å². The van der Waals surface area contributed by atoms with Crippen LogP contribution < -0.4 is 5.56 Å². The van der Waals surface area contributed by atoms with Crippen LogP contribution in [0.5, 0.6) is 0 Å². The minimum atomic E-state index is -0.301. The number of rotatable bonds is 3. The lowest BCUT2D eigenvalue weighted by Gasteiger charge is -2.34. The van der Waals surface area contributed by atoms with Crippen molar-refractivity contribution in [2.75, 3.05) is 19.6 Å². The Kier molecular flexibility index (Phi) is 4.78. The number of H-pyrrole nitrogens is 1. The third-order valence-corrected chi connectivity index (χ3v) is 7.53. The number of carbonyl (C=O) groups excluding carboxylic acids is 2. The van der Waals surface area contributed by atoms with Crippen LogP contribution in [0.2, 0.25) is 0 Å². The SMILES string of the molecule is O=C(Cc1cccs1)N1CCc2c(c[nH]c(=O)c2C(=O)N2C[C@@H]3CC[C@@H](C3)C2)C1. The Morgan fingerprint density at radius 1 is 1.17 bits per heavy atom. The average molecular weight is 412 g/mol. The molecule has 5 rings (SSSR count). The van der Waals surface area contributed by atoms with Gasteiger partial charge in [-0.05, 0) is 60.1 Å². The van der Waals surface area contributed by atoms with Gasteiger partial charge < -0.3 is 14.8 Å². The van der Waals surface area contributed by atoms with Crippen LogP contribution in [0.3, 0.4) is 0 Å². The maximum Gasteiger partial charge on any atom is 0.261 e. The summed E-state index contributed by atoms with van der Waals surface area (Å²) in [6.45, 7) is 2.53. The van der Waals surface area contributed by atoms with Gasteiger partial charge in [-0.1, -0.05) is 6.07 Å². The molecule has 2 fully saturated rings. The molecule has 152 valence electrons. The van der Waals surface area contributed by atoms with Crippen LogP contribution in [-0.2, 0) is 24.2 Å². The second-order valence-corrected chi connectivity index (χ2v) is 9.61. The fourth-order valence-corrected chi connectivity index (χ4v) is 5.91. The molecule has 7 heteroatoms. The number of carbonyl (C=O) groups is 2. The number of nitrogens with zero attached hydrogens (tertiary/aromatic N) is 2. The summed E-state index contributed by atoms with van der Waals surface area (Å²) in [6.07, 6.45) is 6.24. The number of fused-ring (bicyclic) bond motifs is 3. The molecule has 1 saturated carbocycles. The summed E-state index contributed by atoms with van der Waals surface area (Å²) in [5.41, 5.74) is 1.72. The van der Waals surface area contributed by atoms with Gasteiger partial charge in [-0.15, -0.1) is 11.3 Å². The van der Waals surface area contributed by atoms with Gasteiger partial charge in [0.05, 0.1) is 6.42 Å². The van der Waals surface area contributed by atoms with Crippen molar-refractivity contribution in [3.63, 3.8) is 0 Å². The molecule has 2 atom stereocenters. The fourth-order valence-electron chi connectivity index (χ4n) is 5.21. The number of aromatic amines is 1. The number of thiophene rings is 1. The minimum absolute atomic E-state index is 0.0878. The van der Waals surface area contributed by atoms with Crippen molar-refractivity contribution in [1.82, 2.24) is 14.8 Å². The average Bonchev–Trinajstić information content (AvgIpc) is 3.36. The topological polar surface area (TPSA) is 73.5 Å². The van der Waals surface area contributed by atoms with E-state index in [-0.39, 0.29) is 17.4 Å². The van der Waals surface area contributed by atoms with Gasteiger partial charge >= 0.3 is 0 Å². The first-order valence-electron chi connectivity index (χ1n) is 10.4. The highest BCUT2D eigenvalue weighted by molar-refractivity contribution is 7.10. The zero-order valence-electron chi connectivity index (χ0n) is 16.4. The number of likely N-dealkylation sites (tertiary alicyclic amines) is 1.